The summed E-state index contributed by atoms with van der Waals surface area (Å²) < 4.78 is 0. The van der Waals surface area contributed by atoms with Crippen molar-refractivity contribution in [3.05, 3.63) is 29.6 Å². The molecule has 0 fully saturated rings. The molecule has 0 aliphatic heterocycles. The number of aliphatic hydroxyl groups is 1. The van der Waals surface area contributed by atoms with Crippen LogP contribution in [0.4, 0.5) is 0 Å². The first-order valence-electron chi connectivity index (χ1n) is 5.40. The van der Waals surface area contributed by atoms with E-state index in [9.17, 15) is 0 Å². The number of nitrogens with two attached hydrogens (primary N) is 1. The molecule has 0 amide bonds. The fourth-order valence-corrected chi connectivity index (χ4v) is 1.55. The second kappa shape index (κ2) is 6.82. The van der Waals surface area contributed by atoms with Gasteiger partial charge >= 0.3 is 0 Å². The molecule has 0 unspecified atom stereocenters. The number of amidine groups is 1. The van der Waals surface area contributed by atoms with Crippen LogP contribution < -0.4 is 5.73 Å². The normalized spacial score (nSPS) is 12.1. The third-order valence-electron chi connectivity index (χ3n) is 2.38. The number of aromatic nitrogens is 1. The van der Waals surface area contributed by atoms with E-state index in [0.29, 0.717) is 12.2 Å². The van der Waals surface area contributed by atoms with Crippen molar-refractivity contribution in [2.24, 2.45) is 10.9 Å². The number of hydrogen-bond acceptors (Lipinski definition) is 5. The lowest BCUT2D eigenvalue weighted by molar-refractivity contribution is 0.244. The number of aliphatic hydroxyl groups excluding tert-OH is 1. The van der Waals surface area contributed by atoms with Crippen molar-refractivity contribution >= 4 is 5.84 Å². The van der Waals surface area contributed by atoms with Crippen LogP contribution in [0, 0.1) is 0 Å². The molecule has 1 heterocycles. The lowest BCUT2D eigenvalue weighted by atomic mass is 10.1. The van der Waals surface area contributed by atoms with Crippen molar-refractivity contribution in [3.8, 4) is 0 Å². The molecule has 1 rings (SSSR count). The average Bonchev–Trinajstić information content (AvgIpc) is 2.36. The SMILES string of the molecule is CN(CCCO)Cc1cccnc1/C(N)=N/O. The van der Waals surface area contributed by atoms with Crippen molar-refractivity contribution in [2.75, 3.05) is 20.2 Å². The summed E-state index contributed by atoms with van der Waals surface area (Å²) in [7, 11) is 1.94. The molecule has 0 aliphatic carbocycles. The van der Waals surface area contributed by atoms with Crippen LogP contribution in [0.1, 0.15) is 17.7 Å². The topological polar surface area (TPSA) is 95.0 Å². The van der Waals surface area contributed by atoms with Crippen LogP contribution in [-0.4, -0.2) is 46.2 Å². The largest absolute Gasteiger partial charge is 0.409 e. The standard InChI is InChI=1S/C11H18N4O2/c1-15(6-3-7-16)8-9-4-2-5-13-10(9)11(12)14-17/h2,4-5,16-17H,3,6-8H2,1H3,(H2,12,14). The molecule has 94 valence electrons. The van der Waals surface area contributed by atoms with E-state index in [2.05, 4.69) is 10.1 Å². The molecule has 0 bridgehead atoms. The summed E-state index contributed by atoms with van der Waals surface area (Å²) in [6.07, 6.45) is 2.32. The Labute approximate surface area is 100 Å². The fraction of sp³-hybridized carbons (Fsp3) is 0.455. The Kier molecular flexibility index (Phi) is 5.38. The Morgan fingerprint density at radius 1 is 1.59 bits per heavy atom. The van der Waals surface area contributed by atoms with Gasteiger partial charge in [0.1, 0.15) is 5.69 Å². The molecule has 4 N–H and O–H groups in total. The molecule has 0 spiro atoms. The van der Waals surface area contributed by atoms with Crippen LogP contribution in [0.25, 0.3) is 0 Å². The quantitative estimate of drug-likeness (QED) is 0.280. The minimum Gasteiger partial charge on any atom is -0.409 e. The number of rotatable bonds is 6. The predicted octanol–water partition coefficient (Wildman–Crippen LogP) is -0.00970. The van der Waals surface area contributed by atoms with Crippen LogP contribution in [0.5, 0.6) is 0 Å². The highest BCUT2D eigenvalue weighted by molar-refractivity contribution is 5.96. The number of oxime groups is 1. The Morgan fingerprint density at radius 2 is 2.35 bits per heavy atom. The fourth-order valence-electron chi connectivity index (χ4n) is 1.55. The molecule has 0 aliphatic rings. The predicted molar refractivity (Wildman–Crippen MR) is 64.8 cm³/mol. The number of pyridine rings is 1. The van der Waals surface area contributed by atoms with Gasteiger partial charge in [-0.2, -0.15) is 0 Å². The summed E-state index contributed by atoms with van der Waals surface area (Å²) in [6, 6.07) is 3.69. The third-order valence-corrected chi connectivity index (χ3v) is 2.38. The van der Waals surface area contributed by atoms with Crippen molar-refractivity contribution in [3.63, 3.8) is 0 Å². The molecule has 1 aromatic heterocycles. The molecular formula is C11H18N4O2. The van der Waals surface area contributed by atoms with Crippen molar-refractivity contribution in [1.82, 2.24) is 9.88 Å². The summed E-state index contributed by atoms with van der Waals surface area (Å²) in [5.41, 5.74) is 6.93. The number of hydrogen-bond donors (Lipinski definition) is 3. The monoisotopic (exact) mass is 238 g/mol. The van der Waals surface area contributed by atoms with Gasteiger partial charge in [0.2, 0.25) is 0 Å². The van der Waals surface area contributed by atoms with Crippen molar-refractivity contribution in [1.29, 1.82) is 0 Å². The minimum absolute atomic E-state index is 0.0103. The third kappa shape index (κ3) is 4.01. The molecule has 0 aromatic carbocycles. The Morgan fingerprint density at radius 3 is 3.00 bits per heavy atom. The number of nitrogens with zero attached hydrogens (tertiary/aromatic N) is 3. The van der Waals surface area contributed by atoms with Gasteiger partial charge < -0.3 is 20.9 Å². The highest BCUT2D eigenvalue weighted by Gasteiger charge is 2.09. The maximum Gasteiger partial charge on any atom is 0.189 e. The summed E-state index contributed by atoms with van der Waals surface area (Å²) in [5.74, 6) is 0.0103. The Hall–Kier alpha value is -1.66. The minimum atomic E-state index is 0.0103. The molecule has 1 aromatic rings. The summed E-state index contributed by atoms with van der Waals surface area (Å²) in [6.45, 7) is 1.59. The molecule has 6 heteroatoms. The second-order valence-electron chi connectivity index (χ2n) is 3.81. The lowest BCUT2D eigenvalue weighted by Gasteiger charge is -2.17. The highest BCUT2D eigenvalue weighted by atomic mass is 16.4. The van der Waals surface area contributed by atoms with E-state index in [-0.39, 0.29) is 12.4 Å². The van der Waals surface area contributed by atoms with Crippen LogP contribution >= 0.6 is 0 Å². The van der Waals surface area contributed by atoms with E-state index in [0.717, 1.165) is 18.5 Å². The van der Waals surface area contributed by atoms with Gasteiger partial charge in [-0.3, -0.25) is 4.98 Å². The van der Waals surface area contributed by atoms with Gasteiger partial charge in [0.05, 0.1) is 0 Å². The maximum absolute atomic E-state index is 8.75. The molecule has 0 saturated heterocycles. The highest BCUT2D eigenvalue weighted by Crippen LogP contribution is 2.08. The van der Waals surface area contributed by atoms with Crippen LogP contribution in [0.15, 0.2) is 23.5 Å². The van der Waals surface area contributed by atoms with Crippen molar-refractivity contribution < 1.29 is 10.3 Å². The maximum atomic E-state index is 8.75. The van der Waals surface area contributed by atoms with E-state index < -0.39 is 0 Å². The van der Waals surface area contributed by atoms with E-state index in [4.69, 9.17) is 16.0 Å². The molecule has 17 heavy (non-hydrogen) atoms. The molecule has 0 radical (unpaired) electrons. The van der Waals surface area contributed by atoms with Gasteiger partial charge in [-0.25, -0.2) is 0 Å². The van der Waals surface area contributed by atoms with E-state index in [1.807, 2.05) is 24.1 Å². The summed E-state index contributed by atoms with van der Waals surface area (Å²) in [5, 5.41) is 20.4. The van der Waals surface area contributed by atoms with Crippen LogP contribution in [-0.2, 0) is 6.54 Å². The molecule has 0 saturated carbocycles. The first-order valence-corrected chi connectivity index (χ1v) is 5.40. The van der Waals surface area contributed by atoms with Gasteiger partial charge in [-0.1, -0.05) is 11.2 Å². The van der Waals surface area contributed by atoms with Gasteiger partial charge in [-0.15, -0.1) is 0 Å². The average molecular weight is 238 g/mol. The molecular weight excluding hydrogens is 220 g/mol. The first-order chi connectivity index (χ1) is 8.19. The Balaban J connectivity index is 2.76. The summed E-state index contributed by atoms with van der Waals surface area (Å²) >= 11 is 0. The van der Waals surface area contributed by atoms with E-state index >= 15 is 0 Å². The van der Waals surface area contributed by atoms with Gasteiger partial charge in [0.25, 0.3) is 0 Å². The Bertz CT molecular complexity index is 381. The first kappa shape index (κ1) is 13.4. The zero-order chi connectivity index (χ0) is 12.7. The van der Waals surface area contributed by atoms with Gasteiger partial charge in [-0.05, 0) is 25.1 Å². The van der Waals surface area contributed by atoms with E-state index in [1.165, 1.54) is 0 Å². The zero-order valence-corrected chi connectivity index (χ0v) is 9.87. The zero-order valence-electron chi connectivity index (χ0n) is 9.87. The van der Waals surface area contributed by atoms with Crippen LogP contribution in [0.3, 0.4) is 0 Å². The summed E-state index contributed by atoms with van der Waals surface area (Å²) in [4.78, 5) is 6.13. The molecule has 0 atom stereocenters. The lowest BCUT2D eigenvalue weighted by Crippen LogP contribution is -2.24. The van der Waals surface area contributed by atoms with Crippen molar-refractivity contribution in [2.45, 2.75) is 13.0 Å². The van der Waals surface area contributed by atoms with Gasteiger partial charge in [0.15, 0.2) is 5.84 Å². The second-order valence-corrected chi connectivity index (χ2v) is 3.81. The van der Waals surface area contributed by atoms with Crippen LogP contribution in [0.2, 0.25) is 0 Å². The molecule has 6 nitrogen and oxygen atoms in total. The smallest absolute Gasteiger partial charge is 0.189 e. The van der Waals surface area contributed by atoms with E-state index in [1.54, 1.807) is 6.20 Å². The van der Waals surface area contributed by atoms with Gasteiger partial charge in [0, 0.05) is 25.9 Å².